The summed E-state index contributed by atoms with van der Waals surface area (Å²) < 4.78 is 47.9. The van der Waals surface area contributed by atoms with Crippen LogP contribution in [0.1, 0.15) is 30.9 Å². The van der Waals surface area contributed by atoms with E-state index in [9.17, 15) is 18.0 Å². The van der Waals surface area contributed by atoms with E-state index in [1.54, 1.807) is 0 Å². The second-order valence-electron chi connectivity index (χ2n) is 5.61. The SMILES string of the molecule is CCCCOc1ccc(CNC(=O)Oc2ccc(C(F)(F)F)cc2)cc1. The summed E-state index contributed by atoms with van der Waals surface area (Å²) in [6, 6.07) is 11.2. The summed E-state index contributed by atoms with van der Waals surface area (Å²) in [7, 11) is 0. The van der Waals surface area contributed by atoms with Crippen molar-refractivity contribution in [3.05, 3.63) is 59.7 Å². The molecular formula is C19H20F3NO3. The van der Waals surface area contributed by atoms with Crippen LogP contribution >= 0.6 is 0 Å². The van der Waals surface area contributed by atoms with Gasteiger partial charge in [0, 0.05) is 6.54 Å². The Bertz CT molecular complexity index is 697. The first-order valence-electron chi connectivity index (χ1n) is 8.23. The lowest BCUT2D eigenvalue weighted by Crippen LogP contribution is -2.26. The average molecular weight is 367 g/mol. The van der Waals surface area contributed by atoms with Crippen LogP contribution in [0.25, 0.3) is 0 Å². The molecule has 0 saturated heterocycles. The molecule has 0 bridgehead atoms. The third-order valence-electron chi connectivity index (χ3n) is 3.52. The summed E-state index contributed by atoms with van der Waals surface area (Å²) in [6.45, 7) is 2.98. The van der Waals surface area contributed by atoms with Crippen LogP contribution in [0.4, 0.5) is 18.0 Å². The normalized spacial score (nSPS) is 11.1. The Labute approximate surface area is 149 Å². The Kier molecular flexibility index (Phi) is 6.89. The van der Waals surface area contributed by atoms with Gasteiger partial charge in [0.15, 0.2) is 0 Å². The lowest BCUT2D eigenvalue weighted by Gasteiger charge is -2.09. The monoisotopic (exact) mass is 367 g/mol. The van der Waals surface area contributed by atoms with Gasteiger partial charge in [-0.2, -0.15) is 13.2 Å². The van der Waals surface area contributed by atoms with Crippen molar-refractivity contribution in [3.8, 4) is 11.5 Å². The summed E-state index contributed by atoms with van der Waals surface area (Å²) in [5.41, 5.74) is 0.0451. The van der Waals surface area contributed by atoms with E-state index in [2.05, 4.69) is 12.2 Å². The van der Waals surface area contributed by atoms with Gasteiger partial charge in [-0.15, -0.1) is 0 Å². The smallest absolute Gasteiger partial charge is 0.416 e. The molecule has 0 radical (unpaired) electrons. The molecule has 0 saturated carbocycles. The van der Waals surface area contributed by atoms with Crippen molar-refractivity contribution in [3.63, 3.8) is 0 Å². The minimum Gasteiger partial charge on any atom is -0.494 e. The fourth-order valence-electron chi connectivity index (χ4n) is 2.07. The van der Waals surface area contributed by atoms with Gasteiger partial charge < -0.3 is 14.8 Å². The number of rotatable bonds is 7. The Hall–Kier alpha value is -2.70. The lowest BCUT2D eigenvalue weighted by molar-refractivity contribution is -0.137. The van der Waals surface area contributed by atoms with E-state index in [0.717, 1.165) is 48.4 Å². The Morgan fingerprint density at radius 3 is 2.19 bits per heavy atom. The topological polar surface area (TPSA) is 47.6 Å². The summed E-state index contributed by atoms with van der Waals surface area (Å²) in [5, 5.41) is 2.54. The van der Waals surface area contributed by atoms with Crippen molar-refractivity contribution in [1.82, 2.24) is 5.32 Å². The molecule has 0 atom stereocenters. The number of unbranched alkanes of at least 4 members (excludes halogenated alkanes) is 1. The van der Waals surface area contributed by atoms with Crippen molar-refractivity contribution in [2.45, 2.75) is 32.5 Å². The number of hydrogen-bond donors (Lipinski definition) is 1. The van der Waals surface area contributed by atoms with Crippen molar-refractivity contribution in [2.75, 3.05) is 6.61 Å². The molecule has 0 aliphatic heterocycles. The minimum atomic E-state index is -4.42. The lowest BCUT2D eigenvalue weighted by atomic mass is 10.2. The first kappa shape index (κ1) is 19.6. The average Bonchev–Trinajstić information content (AvgIpc) is 2.61. The van der Waals surface area contributed by atoms with Crippen LogP contribution in [-0.2, 0) is 12.7 Å². The van der Waals surface area contributed by atoms with Gasteiger partial charge in [0.1, 0.15) is 11.5 Å². The Balaban J connectivity index is 1.79. The summed E-state index contributed by atoms with van der Waals surface area (Å²) in [4.78, 5) is 11.7. The van der Waals surface area contributed by atoms with Gasteiger partial charge >= 0.3 is 12.3 Å². The third kappa shape index (κ3) is 6.31. The largest absolute Gasteiger partial charge is 0.494 e. The minimum absolute atomic E-state index is 0.0372. The molecule has 2 aromatic carbocycles. The zero-order valence-electron chi connectivity index (χ0n) is 14.3. The van der Waals surface area contributed by atoms with E-state index in [1.807, 2.05) is 24.3 Å². The highest BCUT2D eigenvalue weighted by atomic mass is 19.4. The van der Waals surface area contributed by atoms with Crippen LogP contribution in [-0.4, -0.2) is 12.7 Å². The number of carbonyl (C=O) groups is 1. The molecule has 140 valence electrons. The molecule has 1 amide bonds. The Morgan fingerprint density at radius 2 is 1.62 bits per heavy atom. The van der Waals surface area contributed by atoms with Crippen molar-refractivity contribution in [2.24, 2.45) is 0 Å². The van der Waals surface area contributed by atoms with Gasteiger partial charge in [-0.1, -0.05) is 25.5 Å². The van der Waals surface area contributed by atoms with Gasteiger partial charge in [-0.3, -0.25) is 0 Å². The molecule has 1 N–H and O–H groups in total. The maximum Gasteiger partial charge on any atom is 0.416 e. The predicted octanol–water partition coefficient (Wildman–Crippen LogP) is 5.17. The maximum atomic E-state index is 12.5. The number of nitrogens with one attached hydrogen (secondary N) is 1. The van der Waals surface area contributed by atoms with Crippen molar-refractivity contribution >= 4 is 6.09 Å². The number of ether oxygens (including phenoxy) is 2. The number of hydrogen-bond acceptors (Lipinski definition) is 3. The number of benzene rings is 2. The molecule has 0 fully saturated rings. The molecule has 2 rings (SSSR count). The molecule has 0 unspecified atom stereocenters. The van der Waals surface area contributed by atoms with Gasteiger partial charge in [0.05, 0.1) is 12.2 Å². The summed E-state index contributed by atoms with van der Waals surface area (Å²) in [5.74, 6) is 0.796. The zero-order valence-corrected chi connectivity index (χ0v) is 14.3. The number of carbonyl (C=O) groups excluding carboxylic acids is 1. The van der Waals surface area contributed by atoms with E-state index < -0.39 is 17.8 Å². The molecule has 0 spiro atoms. The van der Waals surface area contributed by atoms with Crippen molar-refractivity contribution in [1.29, 1.82) is 0 Å². The first-order chi connectivity index (χ1) is 12.4. The predicted molar refractivity (Wildman–Crippen MR) is 91.2 cm³/mol. The van der Waals surface area contributed by atoms with E-state index in [1.165, 1.54) is 0 Å². The molecular weight excluding hydrogens is 347 g/mol. The highest BCUT2D eigenvalue weighted by molar-refractivity contribution is 5.70. The second-order valence-corrected chi connectivity index (χ2v) is 5.61. The van der Waals surface area contributed by atoms with Crippen molar-refractivity contribution < 1.29 is 27.4 Å². The van der Waals surface area contributed by atoms with Crippen LogP contribution in [0.3, 0.4) is 0 Å². The van der Waals surface area contributed by atoms with Crippen LogP contribution in [0.15, 0.2) is 48.5 Å². The molecule has 0 aliphatic rings. The van der Waals surface area contributed by atoms with Gasteiger partial charge in [0.25, 0.3) is 0 Å². The molecule has 7 heteroatoms. The second kappa shape index (κ2) is 9.12. The standard InChI is InChI=1S/C19H20F3NO3/c1-2-3-12-25-16-8-4-14(5-9-16)13-23-18(24)26-17-10-6-15(7-11-17)19(20,21)22/h4-11H,2-3,12-13H2,1H3,(H,23,24). The Morgan fingerprint density at radius 1 is 1.00 bits per heavy atom. The summed E-state index contributed by atoms with van der Waals surface area (Å²) in [6.07, 6.45) is -3.12. The molecule has 26 heavy (non-hydrogen) atoms. The quantitative estimate of drug-likeness (QED) is 0.687. The molecule has 0 heterocycles. The maximum absolute atomic E-state index is 12.5. The van der Waals surface area contributed by atoms with Crippen LogP contribution < -0.4 is 14.8 Å². The highest BCUT2D eigenvalue weighted by Gasteiger charge is 2.30. The molecule has 4 nitrogen and oxygen atoms in total. The third-order valence-corrected chi connectivity index (χ3v) is 3.52. The fraction of sp³-hybridized carbons (Fsp3) is 0.316. The highest BCUT2D eigenvalue weighted by Crippen LogP contribution is 2.30. The van der Waals surface area contributed by atoms with E-state index in [-0.39, 0.29) is 12.3 Å². The van der Waals surface area contributed by atoms with Crippen LogP contribution in [0.2, 0.25) is 0 Å². The fourth-order valence-corrected chi connectivity index (χ4v) is 2.07. The van der Waals surface area contributed by atoms with Crippen LogP contribution in [0, 0.1) is 0 Å². The van der Waals surface area contributed by atoms with Gasteiger partial charge in [-0.05, 0) is 48.4 Å². The van der Waals surface area contributed by atoms with E-state index in [0.29, 0.717) is 6.61 Å². The van der Waals surface area contributed by atoms with E-state index >= 15 is 0 Å². The summed E-state index contributed by atoms with van der Waals surface area (Å²) >= 11 is 0. The number of alkyl halides is 3. The van der Waals surface area contributed by atoms with Gasteiger partial charge in [0.2, 0.25) is 0 Å². The number of halogens is 3. The van der Waals surface area contributed by atoms with E-state index in [4.69, 9.17) is 9.47 Å². The molecule has 0 aromatic heterocycles. The molecule has 2 aromatic rings. The first-order valence-corrected chi connectivity index (χ1v) is 8.23. The molecule has 0 aliphatic carbocycles. The zero-order chi connectivity index (χ0) is 19.0. The van der Waals surface area contributed by atoms with Crippen LogP contribution in [0.5, 0.6) is 11.5 Å². The van der Waals surface area contributed by atoms with Gasteiger partial charge in [-0.25, -0.2) is 4.79 Å². The number of amides is 1.